The zero-order valence-corrected chi connectivity index (χ0v) is 15.0. The molecule has 0 aliphatic carbocycles. The Balaban J connectivity index is 1.87. The van der Waals surface area contributed by atoms with Crippen LogP contribution in [0, 0.1) is 5.53 Å². The summed E-state index contributed by atoms with van der Waals surface area (Å²) in [6.45, 7) is 0. The van der Waals surface area contributed by atoms with Gasteiger partial charge in [0.15, 0.2) is 5.84 Å². The van der Waals surface area contributed by atoms with Crippen LogP contribution in [0.2, 0.25) is 5.02 Å². The first-order valence-electron chi connectivity index (χ1n) is 7.68. The van der Waals surface area contributed by atoms with Crippen LogP contribution in [-0.4, -0.2) is 10.8 Å². The van der Waals surface area contributed by atoms with Crippen molar-refractivity contribution in [2.45, 2.75) is 0 Å². The number of pyridine rings is 1. The average Bonchev–Trinajstić information content (AvgIpc) is 3.14. The number of anilines is 2. The maximum Gasteiger partial charge on any atom is 0.155 e. The summed E-state index contributed by atoms with van der Waals surface area (Å²) < 4.78 is 0. The van der Waals surface area contributed by atoms with Gasteiger partial charge in [0, 0.05) is 37.8 Å². The molecule has 0 aliphatic rings. The number of hydrogen-bond acceptors (Lipinski definition) is 5. The van der Waals surface area contributed by atoms with E-state index >= 15 is 0 Å². The number of nitrogens with two attached hydrogens (primary N) is 1. The van der Waals surface area contributed by atoms with Crippen molar-refractivity contribution in [2.24, 2.45) is 16.1 Å². The molecule has 2 aromatic carbocycles. The lowest BCUT2D eigenvalue weighted by Crippen LogP contribution is -2.12. The minimum Gasteiger partial charge on any atom is -0.382 e. The molecule has 4 N–H and O–H groups in total. The van der Waals surface area contributed by atoms with E-state index in [1.54, 1.807) is 11.3 Å². The standard InChI is InChI=1S/C18H13ClN6S/c19-11-2-4-12(5-3-11)22-18-15-9-26-8-14(15)13-6-1-10(7-16(13)23-18)17(20)24-25-21/h1-9H,(H,22,23)(H3,20,21,24). The van der Waals surface area contributed by atoms with Gasteiger partial charge in [0.05, 0.1) is 5.52 Å². The van der Waals surface area contributed by atoms with E-state index in [0.29, 0.717) is 10.6 Å². The summed E-state index contributed by atoms with van der Waals surface area (Å²) in [5.74, 6) is 0.940. The van der Waals surface area contributed by atoms with Gasteiger partial charge in [0.1, 0.15) is 5.82 Å². The number of halogens is 1. The number of nitrogens with zero attached hydrogens (tertiary/aromatic N) is 3. The topological polar surface area (TPSA) is 99.5 Å². The highest BCUT2D eigenvalue weighted by atomic mass is 35.5. The molecule has 0 saturated carbocycles. The Morgan fingerprint density at radius 1 is 1.08 bits per heavy atom. The van der Waals surface area contributed by atoms with Crippen LogP contribution in [0.5, 0.6) is 0 Å². The summed E-state index contributed by atoms with van der Waals surface area (Å²) in [7, 11) is 0. The Morgan fingerprint density at radius 3 is 2.62 bits per heavy atom. The van der Waals surface area contributed by atoms with Crippen LogP contribution >= 0.6 is 22.9 Å². The van der Waals surface area contributed by atoms with Gasteiger partial charge in [0.25, 0.3) is 0 Å². The highest BCUT2D eigenvalue weighted by molar-refractivity contribution is 7.09. The molecule has 26 heavy (non-hydrogen) atoms. The van der Waals surface area contributed by atoms with Gasteiger partial charge in [-0.15, -0.1) is 5.10 Å². The summed E-state index contributed by atoms with van der Waals surface area (Å²) in [5.41, 5.74) is 15.0. The van der Waals surface area contributed by atoms with Crippen molar-refractivity contribution in [3.8, 4) is 0 Å². The van der Waals surface area contributed by atoms with Crippen LogP contribution in [0.25, 0.3) is 21.7 Å². The SMILES string of the molecule is N=N/N=C(\N)c1ccc2c(c1)nc(Nc1ccc(Cl)cc1)c1cscc12. The summed E-state index contributed by atoms with van der Waals surface area (Å²) >= 11 is 7.58. The molecule has 0 spiro atoms. The van der Waals surface area contributed by atoms with Crippen LogP contribution in [0.15, 0.2) is 63.5 Å². The Morgan fingerprint density at radius 2 is 1.85 bits per heavy atom. The predicted octanol–water partition coefficient (Wildman–Crippen LogP) is 5.50. The van der Waals surface area contributed by atoms with Crippen molar-refractivity contribution in [3.63, 3.8) is 0 Å². The molecule has 2 heterocycles. The zero-order valence-electron chi connectivity index (χ0n) is 13.4. The first-order chi connectivity index (χ1) is 12.7. The van der Waals surface area contributed by atoms with Crippen LogP contribution in [0.3, 0.4) is 0 Å². The molecule has 2 aromatic heterocycles. The molecule has 8 heteroatoms. The number of aromatic nitrogens is 1. The average molecular weight is 381 g/mol. The lowest BCUT2D eigenvalue weighted by molar-refractivity contribution is 0.986. The second-order valence-electron chi connectivity index (χ2n) is 5.61. The predicted molar refractivity (Wildman–Crippen MR) is 108 cm³/mol. The van der Waals surface area contributed by atoms with Gasteiger partial charge in [-0.3, -0.25) is 0 Å². The molecular formula is C18H13ClN6S. The maximum absolute atomic E-state index is 6.83. The van der Waals surface area contributed by atoms with E-state index in [9.17, 15) is 0 Å². The van der Waals surface area contributed by atoms with Crippen molar-refractivity contribution in [2.75, 3.05) is 5.32 Å². The fraction of sp³-hybridized carbons (Fsp3) is 0. The molecule has 0 unspecified atom stereocenters. The monoisotopic (exact) mass is 380 g/mol. The van der Waals surface area contributed by atoms with Crippen LogP contribution in [0.1, 0.15) is 5.56 Å². The second-order valence-corrected chi connectivity index (χ2v) is 6.79. The smallest absolute Gasteiger partial charge is 0.155 e. The van der Waals surface area contributed by atoms with E-state index < -0.39 is 0 Å². The molecule has 6 nitrogen and oxygen atoms in total. The third-order valence-corrected chi connectivity index (χ3v) is 4.99. The van der Waals surface area contributed by atoms with Gasteiger partial charge in [-0.1, -0.05) is 29.0 Å². The number of nitrogens with one attached hydrogen (secondary N) is 2. The lowest BCUT2D eigenvalue weighted by Gasteiger charge is -2.10. The largest absolute Gasteiger partial charge is 0.382 e. The van der Waals surface area contributed by atoms with Gasteiger partial charge >= 0.3 is 0 Å². The van der Waals surface area contributed by atoms with Gasteiger partial charge in [-0.05, 0) is 35.7 Å². The minimum absolute atomic E-state index is 0.182. The number of fused-ring (bicyclic) bond motifs is 3. The molecule has 0 amide bonds. The molecule has 0 bridgehead atoms. The Bertz CT molecular complexity index is 1150. The van der Waals surface area contributed by atoms with E-state index in [1.165, 1.54) is 0 Å². The first kappa shape index (κ1) is 16.4. The van der Waals surface area contributed by atoms with E-state index in [0.717, 1.165) is 33.2 Å². The molecule has 0 aliphatic heterocycles. The zero-order chi connectivity index (χ0) is 18.1. The van der Waals surface area contributed by atoms with Gasteiger partial charge in [-0.2, -0.15) is 16.9 Å². The number of rotatable bonds is 4. The summed E-state index contributed by atoms with van der Waals surface area (Å²) in [6, 6.07) is 13.1. The maximum atomic E-state index is 6.83. The van der Waals surface area contributed by atoms with Gasteiger partial charge < -0.3 is 11.1 Å². The number of hydrogen-bond donors (Lipinski definition) is 3. The third kappa shape index (κ3) is 2.98. The molecule has 4 rings (SSSR count). The minimum atomic E-state index is 0.182. The van der Waals surface area contributed by atoms with Crippen LogP contribution < -0.4 is 11.1 Å². The Labute approximate surface area is 157 Å². The molecule has 0 radical (unpaired) electrons. The van der Waals surface area contributed by atoms with Gasteiger partial charge in [0.2, 0.25) is 0 Å². The summed E-state index contributed by atoms with van der Waals surface area (Å²) in [4.78, 5) is 4.77. The molecule has 0 saturated heterocycles. The van der Waals surface area contributed by atoms with Crippen molar-refractivity contribution >= 4 is 62.0 Å². The Kier molecular flexibility index (Phi) is 4.24. The number of amidine groups is 1. The molecule has 128 valence electrons. The highest BCUT2D eigenvalue weighted by Crippen LogP contribution is 2.34. The van der Waals surface area contributed by atoms with E-state index in [4.69, 9.17) is 27.8 Å². The van der Waals surface area contributed by atoms with Crippen molar-refractivity contribution in [1.82, 2.24) is 4.98 Å². The summed E-state index contributed by atoms with van der Waals surface area (Å²) in [5, 5.41) is 18.0. The number of thiophene rings is 1. The highest BCUT2D eigenvalue weighted by Gasteiger charge is 2.11. The molecular weight excluding hydrogens is 368 g/mol. The van der Waals surface area contributed by atoms with Crippen molar-refractivity contribution < 1.29 is 0 Å². The molecule has 0 atom stereocenters. The van der Waals surface area contributed by atoms with E-state index in [-0.39, 0.29) is 5.84 Å². The molecule has 0 fully saturated rings. The Hall–Kier alpha value is -3.03. The van der Waals surface area contributed by atoms with Crippen LogP contribution in [0.4, 0.5) is 11.5 Å². The number of benzene rings is 2. The van der Waals surface area contributed by atoms with Crippen LogP contribution in [-0.2, 0) is 0 Å². The normalized spacial score (nSPS) is 11.8. The second kappa shape index (κ2) is 6.70. The first-order valence-corrected chi connectivity index (χ1v) is 9.00. The van der Waals surface area contributed by atoms with Crippen molar-refractivity contribution in [1.29, 1.82) is 5.53 Å². The third-order valence-electron chi connectivity index (χ3n) is 4.00. The van der Waals surface area contributed by atoms with E-state index in [1.807, 2.05) is 42.5 Å². The fourth-order valence-electron chi connectivity index (χ4n) is 2.76. The van der Waals surface area contributed by atoms with Gasteiger partial charge in [-0.25, -0.2) is 4.98 Å². The van der Waals surface area contributed by atoms with Crippen molar-refractivity contribution in [3.05, 3.63) is 63.8 Å². The fourth-order valence-corrected chi connectivity index (χ4v) is 3.72. The molecule has 4 aromatic rings. The van der Waals surface area contributed by atoms with E-state index in [2.05, 4.69) is 26.4 Å². The summed E-state index contributed by atoms with van der Waals surface area (Å²) in [6.07, 6.45) is 0. The lowest BCUT2D eigenvalue weighted by atomic mass is 10.1. The quantitative estimate of drug-likeness (QED) is 0.188.